The summed E-state index contributed by atoms with van der Waals surface area (Å²) in [6, 6.07) is 19.9. The van der Waals surface area contributed by atoms with Crippen LogP contribution < -0.4 is 0 Å². The summed E-state index contributed by atoms with van der Waals surface area (Å²) < 4.78 is 28.0. The van der Waals surface area contributed by atoms with Crippen LogP contribution in [0.3, 0.4) is 0 Å². The van der Waals surface area contributed by atoms with E-state index in [1.54, 1.807) is 7.11 Å². The molecule has 2 aliphatic heterocycles. The fourth-order valence-electron chi connectivity index (χ4n) is 3.70. The van der Waals surface area contributed by atoms with E-state index in [1.807, 2.05) is 86.2 Å². The van der Waals surface area contributed by atoms with Crippen molar-refractivity contribution in [1.29, 1.82) is 0 Å². The Morgan fingerprint density at radius 3 is 1.54 bits per heavy atom. The first-order chi connectivity index (χ1) is 13.1. The average molecular weight is 401 g/mol. The van der Waals surface area contributed by atoms with Crippen LogP contribution in [0.4, 0.5) is 0 Å². The number of rotatable bonds is 3. The molecule has 2 heterocycles. The van der Waals surface area contributed by atoms with Gasteiger partial charge in [0.1, 0.15) is 0 Å². The molecule has 0 unspecified atom stereocenters. The minimum atomic E-state index is -4.10. The number of benzene rings is 2. The number of hydrogen-bond acceptors (Lipinski definition) is 5. The molecule has 2 aliphatic rings. The van der Waals surface area contributed by atoms with Crippen molar-refractivity contribution in [3.63, 3.8) is 0 Å². The summed E-state index contributed by atoms with van der Waals surface area (Å²) in [5.74, 6) is 1.26. The Hall–Kier alpha value is -1.91. The predicted molar refractivity (Wildman–Crippen MR) is 113 cm³/mol. The van der Waals surface area contributed by atoms with Gasteiger partial charge < -0.3 is 0 Å². The third-order valence-corrected chi connectivity index (χ3v) is 10.1. The Morgan fingerprint density at radius 1 is 0.786 bits per heavy atom. The first-order valence-corrected chi connectivity index (χ1v) is 11.3. The Kier molecular flexibility index (Phi) is 4.19. The van der Waals surface area contributed by atoms with Crippen LogP contribution in [0.1, 0.15) is 38.8 Å². The molecule has 0 amide bonds. The molecule has 150 valence electrons. The summed E-state index contributed by atoms with van der Waals surface area (Å²) in [4.78, 5) is 0. The molecular formula is C22H28NO4P. The van der Waals surface area contributed by atoms with Crippen molar-refractivity contribution < 1.29 is 18.1 Å². The van der Waals surface area contributed by atoms with Crippen molar-refractivity contribution in [2.45, 2.75) is 38.8 Å². The average Bonchev–Trinajstić information content (AvgIpc) is 3.10. The predicted octanol–water partition coefficient (Wildman–Crippen LogP) is 5.85. The standard InChI is InChI=1S/C22H28NO4P/c1-21(2)22(3,4)27-28(24-6,23(21)5)25-19(17-13-9-7-10-14-17)20(26-28)18-15-11-8-12-16-18/h7-16H,1-6H3. The van der Waals surface area contributed by atoms with Crippen molar-refractivity contribution in [2.24, 2.45) is 0 Å². The molecule has 1 fully saturated rings. The SMILES string of the molecule is COP12(OC(c3ccccc3)=C(c3ccccc3)O1)OC(C)(C)C(C)(C)N2C. The van der Waals surface area contributed by atoms with Crippen molar-refractivity contribution in [3.05, 3.63) is 71.8 Å². The van der Waals surface area contributed by atoms with Crippen molar-refractivity contribution in [1.82, 2.24) is 4.67 Å². The van der Waals surface area contributed by atoms with Gasteiger partial charge >= 0.3 is 167 Å². The zero-order valence-electron chi connectivity index (χ0n) is 17.3. The van der Waals surface area contributed by atoms with Crippen LogP contribution in [-0.4, -0.2) is 30.0 Å². The van der Waals surface area contributed by atoms with E-state index < -0.39 is 13.3 Å². The van der Waals surface area contributed by atoms with Gasteiger partial charge in [0.05, 0.1) is 0 Å². The molecular weight excluding hydrogens is 373 g/mol. The molecule has 28 heavy (non-hydrogen) atoms. The molecule has 2 aromatic rings. The van der Waals surface area contributed by atoms with Crippen LogP contribution >= 0.6 is 7.66 Å². The van der Waals surface area contributed by atoms with Gasteiger partial charge in [0, 0.05) is 0 Å². The van der Waals surface area contributed by atoms with Crippen LogP contribution in [0, 0.1) is 0 Å². The van der Waals surface area contributed by atoms with Gasteiger partial charge in [-0.15, -0.1) is 0 Å². The Labute approximate surface area is 167 Å². The van der Waals surface area contributed by atoms with Crippen LogP contribution in [0.5, 0.6) is 0 Å². The summed E-state index contributed by atoms with van der Waals surface area (Å²) in [6.07, 6.45) is 0. The second-order valence-corrected chi connectivity index (χ2v) is 11.3. The Balaban J connectivity index is 1.92. The van der Waals surface area contributed by atoms with Gasteiger partial charge in [-0.3, -0.25) is 0 Å². The summed E-state index contributed by atoms with van der Waals surface area (Å²) in [7, 11) is -0.552. The first-order valence-electron chi connectivity index (χ1n) is 9.44. The maximum atomic E-state index is 6.65. The van der Waals surface area contributed by atoms with Gasteiger partial charge in [-0.25, -0.2) is 0 Å². The van der Waals surface area contributed by atoms with E-state index in [0.29, 0.717) is 11.5 Å². The third-order valence-electron chi connectivity index (χ3n) is 6.22. The summed E-state index contributed by atoms with van der Waals surface area (Å²) in [5.41, 5.74) is 0.900. The van der Waals surface area contributed by atoms with Crippen molar-refractivity contribution in [3.8, 4) is 0 Å². The molecule has 0 saturated carbocycles. The molecule has 0 aliphatic carbocycles. The van der Waals surface area contributed by atoms with E-state index in [4.69, 9.17) is 18.1 Å². The van der Waals surface area contributed by atoms with E-state index in [9.17, 15) is 0 Å². The zero-order valence-corrected chi connectivity index (χ0v) is 18.2. The molecule has 0 radical (unpaired) electrons. The van der Waals surface area contributed by atoms with Crippen LogP contribution in [0.25, 0.3) is 11.5 Å². The van der Waals surface area contributed by atoms with Crippen molar-refractivity contribution in [2.75, 3.05) is 14.2 Å². The van der Waals surface area contributed by atoms with Gasteiger partial charge in [-0.1, -0.05) is 0 Å². The molecule has 4 rings (SSSR count). The second-order valence-electron chi connectivity index (χ2n) is 8.21. The van der Waals surface area contributed by atoms with E-state index in [-0.39, 0.29) is 5.54 Å². The normalized spacial score (nSPS) is 25.7. The summed E-state index contributed by atoms with van der Waals surface area (Å²) in [5, 5.41) is 0. The molecule has 5 nitrogen and oxygen atoms in total. The van der Waals surface area contributed by atoms with Gasteiger partial charge in [0.2, 0.25) is 0 Å². The molecule has 0 aromatic heterocycles. The van der Waals surface area contributed by atoms with Gasteiger partial charge in [0.15, 0.2) is 0 Å². The molecule has 1 saturated heterocycles. The second kappa shape index (κ2) is 6.04. The summed E-state index contributed by atoms with van der Waals surface area (Å²) >= 11 is 0. The van der Waals surface area contributed by atoms with Crippen LogP contribution in [0.2, 0.25) is 0 Å². The number of likely N-dealkylation sites (N-methyl/N-ethyl adjacent to an activating group) is 1. The van der Waals surface area contributed by atoms with E-state index in [0.717, 1.165) is 11.1 Å². The van der Waals surface area contributed by atoms with Crippen molar-refractivity contribution >= 4 is 19.2 Å². The summed E-state index contributed by atoms with van der Waals surface area (Å²) in [6.45, 7) is 8.31. The fourth-order valence-corrected chi connectivity index (χ4v) is 7.68. The van der Waals surface area contributed by atoms with Crippen LogP contribution in [-0.2, 0) is 18.1 Å². The van der Waals surface area contributed by atoms with Gasteiger partial charge in [-0.2, -0.15) is 0 Å². The molecule has 0 N–H and O–H groups in total. The monoisotopic (exact) mass is 401 g/mol. The number of hydrogen-bond donors (Lipinski definition) is 0. The minimum absolute atomic E-state index is 0.380. The topological polar surface area (TPSA) is 40.2 Å². The van der Waals surface area contributed by atoms with Gasteiger partial charge in [-0.05, 0) is 0 Å². The quantitative estimate of drug-likeness (QED) is 0.603. The third kappa shape index (κ3) is 2.47. The van der Waals surface area contributed by atoms with E-state index in [1.165, 1.54) is 0 Å². The van der Waals surface area contributed by atoms with E-state index >= 15 is 0 Å². The number of nitrogens with zero attached hydrogens (tertiary/aromatic N) is 1. The first kappa shape index (κ1) is 19.4. The van der Waals surface area contributed by atoms with Crippen LogP contribution in [0.15, 0.2) is 60.7 Å². The zero-order chi connectivity index (χ0) is 20.2. The molecule has 0 bridgehead atoms. The maximum absolute atomic E-state index is 6.65. The molecule has 6 heteroatoms. The molecule has 0 atom stereocenters. The van der Waals surface area contributed by atoms with E-state index in [2.05, 4.69) is 13.8 Å². The Morgan fingerprint density at radius 2 is 1.21 bits per heavy atom. The fraction of sp³-hybridized carbons (Fsp3) is 0.364. The Bertz CT molecular complexity index is 873. The molecule has 1 spiro atoms. The van der Waals surface area contributed by atoms with Gasteiger partial charge in [0.25, 0.3) is 0 Å². The molecule has 2 aromatic carbocycles.